The highest BCUT2D eigenvalue weighted by molar-refractivity contribution is 6.39. The molecule has 2 aliphatic carbocycles. The molecule has 1 saturated carbocycles. The second-order valence-corrected chi connectivity index (χ2v) is 11.4. The van der Waals surface area contributed by atoms with Crippen LogP contribution in [-0.2, 0) is 0 Å². The maximum absolute atomic E-state index is 6.51. The molecular formula is C29H26Cl2N4O. The first-order valence-corrected chi connectivity index (χ1v) is 13.4. The van der Waals surface area contributed by atoms with Crippen molar-refractivity contribution in [2.75, 3.05) is 18.0 Å². The maximum atomic E-state index is 6.51. The van der Waals surface area contributed by atoms with Crippen LogP contribution in [-0.4, -0.2) is 28.2 Å². The van der Waals surface area contributed by atoms with Crippen LogP contribution in [0.3, 0.4) is 0 Å². The van der Waals surface area contributed by atoms with E-state index in [0.29, 0.717) is 16.0 Å². The van der Waals surface area contributed by atoms with Gasteiger partial charge in [0.2, 0.25) is 0 Å². The Morgan fingerprint density at radius 1 is 1.03 bits per heavy atom. The molecule has 0 N–H and O–H groups in total. The van der Waals surface area contributed by atoms with Crippen molar-refractivity contribution in [1.82, 2.24) is 15.1 Å². The number of aromatic nitrogens is 3. The molecule has 1 aromatic carbocycles. The van der Waals surface area contributed by atoms with Crippen LogP contribution in [0.2, 0.25) is 10.0 Å². The van der Waals surface area contributed by atoms with Crippen molar-refractivity contribution in [3.8, 4) is 11.3 Å². The third-order valence-electron chi connectivity index (χ3n) is 8.17. The van der Waals surface area contributed by atoms with E-state index in [1.807, 2.05) is 6.20 Å². The molecule has 1 spiro atoms. The largest absolute Gasteiger partial charge is 0.371 e. The zero-order chi connectivity index (χ0) is 24.4. The predicted octanol–water partition coefficient (Wildman–Crippen LogP) is 7.85. The summed E-state index contributed by atoms with van der Waals surface area (Å²) in [6, 6.07) is 8.73. The van der Waals surface area contributed by atoms with Gasteiger partial charge < -0.3 is 9.42 Å². The van der Waals surface area contributed by atoms with Crippen molar-refractivity contribution < 1.29 is 4.52 Å². The molecule has 4 aromatic rings. The topological polar surface area (TPSA) is 55.1 Å². The van der Waals surface area contributed by atoms with Crippen molar-refractivity contribution in [2.45, 2.75) is 44.9 Å². The summed E-state index contributed by atoms with van der Waals surface area (Å²) in [6.45, 7) is 4.24. The van der Waals surface area contributed by atoms with Crippen LogP contribution >= 0.6 is 23.2 Å². The maximum Gasteiger partial charge on any atom is 0.147 e. The van der Waals surface area contributed by atoms with Gasteiger partial charge in [0.25, 0.3) is 0 Å². The number of anilines is 1. The first kappa shape index (κ1) is 22.3. The quantitative estimate of drug-likeness (QED) is 0.276. The average molecular weight is 517 g/mol. The number of halogens is 2. The Labute approximate surface area is 220 Å². The molecule has 4 heterocycles. The zero-order valence-electron chi connectivity index (χ0n) is 20.1. The van der Waals surface area contributed by atoms with Gasteiger partial charge in [-0.05, 0) is 79.8 Å². The van der Waals surface area contributed by atoms with E-state index in [4.69, 9.17) is 27.7 Å². The average Bonchev–Trinajstić information content (AvgIpc) is 3.62. The van der Waals surface area contributed by atoms with Crippen LogP contribution in [0, 0.1) is 12.3 Å². The summed E-state index contributed by atoms with van der Waals surface area (Å²) in [4.78, 5) is 11.1. The molecule has 0 radical (unpaired) electrons. The summed E-state index contributed by atoms with van der Waals surface area (Å²) in [5.41, 5.74) is 7.76. The zero-order valence-corrected chi connectivity index (χ0v) is 21.6. The van der Waals surface area contributed by atoms with Crippen LogP contribution in [0.25, 0.3) is 27.7 Å². The van der Waals surface area contributed by atoms with Crippen LogP contribution in [0.5, 0.6) is 0 Å². The van der Waals surface area contributed by atoms with E-state index in [1.165, 1.54) is 22.2 Å². The summed E-state index contributed by atoms with van der Waals surface area (Å²) < 4.78 is 5.89. The molecule has 1 aliphatic heterocycles. The van der Waals surface area contributed by atoms with Crippen molar-refractivity contribution in [3.63, 3.8) is 0 Å². The molecule has 2 fully saturated rings. The van der Waals surface area contributed by atoms with E-state index in [1.54, 1.807) is 12.4 Å². The van der Waals surface area contributed by atoms with E-state index < -0.39 is 0 Å². The Bertz CT molecular complexity index is 1510. The minimum absolute atomic E-state index is 0.237. The van der Waals surface area contributed by atoms with Crippen LogP contribution in [0.15, 0.2) is 53.5 Å². The number of hydrogen-bond acceptors (Lipinski definition) is 5. The lowest BCUT2D eigenvalue weighted by Crippen LogP contribution is -2.42. The lowest BCUT2D eigenvalue weighted by Gasteiger charge is -2.47. The van der Waals surface area contributed by atoms with E-state index in [2.05, 4.69) is 57.3 Å². The van der Waals surface area contributed by atoms with Crippen molar-refractivity contribution in [1.29, 1.82) is 0 Å². The molecule has 3 aliphatic rings. The highest BCUT2D eigenvalue weighted by Gasteiger charge is 2.44. The van der Waals surface area contributed by atoms with Crippen molar-refractivity contribution in [3.05, 3.63) is 75.9 Å². The molecule has 0 amide bonds. The standard InChI is InChI=1S/C29H26Cl2N4O/c1-17-6-9-33-24-5-4-20(12-21(17)24)35-10-7-29(8-11-35)13-19(14-29)25-27(34-36-28(25)18-2-3-18)26-22(30)15-32-16-23(26)31/h4-6,9,12-13,15-16,18H,2-3,7-8,10-11,14H2,1H3. The number of rotatable bonds is 4. The van der Waals surface area contributed by atoms with Gasteiger partial charge in [0.1, 0.15) is 11.5 Å². The number of benzene rings is 1. The SMILES string of the molecule is Cc1ccnc2ccc(N3CCC4(C=C(c5c(-c6c(Cl)cncc6Cl)noc5C5CC5)C4)CC3)cc12. The molecule has 1 saturated heterocycles. The van der Waals surface area contributed by atoms with Gasteiger partial charge in [-0.3, -0.25) is 9.97 Å². The Kier molecular flexibility index (Phi) is 5.16. The highest BCUT2D eigenvalue weighted by atomic mass is 35.5. The smallest absolute Gasteiger partial charge is 0.147 e. The lowest BCUT2D eigenvalue weighted by molar-refractivity contribution is 0.277. The van der Waals surface area contributed by atoms with Gasteiger partial charge in [-0.2, -0.15) is 0 Å². The number of piperidine rings is 1. The third-order valence-corrected chi connectivity index (χ3v) is 8.74. The molecule has 3 aromatic heterocycles. The summed E-state index contributed by atoms with van der Waals surface area (Å²) in [5, 5.41) is 6.71. The predicted molar refractivity (Wildman–Crippen MR) is 145 cm³/mol. The molecule has 7 heteroatoms. The fourth-order valence-electron chi connectivity index (χ4n) is 5.93. The minimum atomic E-state index is 0.237. The van der Waals surface area contributed by atoms with E-state index in [-0.39, 0.29) is 5.41 Å². The fraction of sp³-hybridized carbons (Fsp3) is 0.345. The molecule has 0 bridgehead atoms. The fourth-order valence-corrected chi connectivity index (χ4v) is 6.47. The van der Waals surface area contributed by atoms with Crippen LogP contribution in [0.4, 0.5) is 5.69 Å². The Balaban J connectivity index is 1.16. The molecule has 5 nitrogen and oxygen atoms in total. The second-order valence-electron chi connectivity index (χ2n) is 10.5. The molecule has 0 unspecified atom stereocenters. The number of fused-ring (bicyclic) bond motifs is 1. The lowest BCUT2D eigenvalue weighted by atomic mass is 9.63. The Morgan fingerprint density at radius 2 is 1.78 bits per heavy atom. The van der Waals surface area contributed by atoms with Gasteiger partial charge in [0.15, 0.2) is 0 Å². The van der Waals surface area contributed by atoms with Gasteiger partial charge in [0.05, 0.1) is 15.6 Å². The van der Waals surface area contributed by atoms with E-state index in [9.17, 15) is 0 Å². The summed E-state index contributed by atoms with van der Waals surface area (Å²) in [6.07, 6.45) is 13.2. The normalized spacial score (nSPS) is 19.0. The number of pyridine rings is 2. The van der Waals surface area contributed by atoms with Crippen LogP contribution < -0.4 is 4.90 Å². The van der Waals surface area contributed by atoms with Gasteiger partial charge in [-0.15, -0.1) is 0 Å². The van der Waals surface area contributed by atoms with Gasteiger partial charge >= 0.3 is 0 Å². The monoisotopic (exact) mass is 516 g/mol. The molecular weight excluding hydrogens is 491 g/mol. The molecule has 7 rings (SSSR count). The number of allylic oxidation sites excluding steroid dienone is 2. The van der Waals surface area contributed by atoms with Gasteiger partial charge in [0, 0.05) is 59.8 Å². The Morgan fingerprint density at radius 3 is 2.50 bits per heavy atom. The third kappa shape index (κ3) is 3.63. The summed E-state index contributed by atoms with van der Waals surface area (Å²) in [7, 11) is 0. The Hall–Kier alpha value is -2.89. The number of hydrogen-bond donors (Lipinski definition) is 0. The number of aryl methyl sites for hydroxylation is 1. The van der Waals surface area contributed by atoms with Crippen molar-refractivity contribution in [2.24, 2.45) is 5.41 Å². The molecule has 182 valence electrons. The first-order chi connectivity index (χ1) is 17.5. The number of nitrogens with zero attached hydrogens (tertiary/aromatic N) is 4. The first-order valence-electron chi connectivity index (χ1n) is 12.6. The summed E-state index contributed by atoms with van der Waals surface area (Å²) in [5.74, 6) is 1.44. The van der Waals surface area contributed by atoms with Crippen LogP contribution in [0.1, 0.15) is 54.9 Å². The van der Waals surface area contributed by atoms with E-state index >= 15 is 0 Å². The minimum Gasteiger partial charge on any atom is -0.371 e. The highest BCUT2D eigenvalue weighted by Crippen LogP contribution is 2.56. The second kappa shape index (κ2) is 8.32. The molecule has 0 atom stereocenters. The molecule has 36 heavy (non-hydrogen) atoms. The van der Waals surface area contributed by atoms with E-state index in [0.717, 1.165) is 73.3 Å². The van der Waals surface area contributed by atoms with Gasteiger partial charge in [-0.25, -0.2) is 0 Å². The van der Waals surface area contributed by atoms with Crippen molar-refractivity contribution >= 4 is 45.4 Å². The van der Waals surface area contributed by atoms with Gasteiger partial charge in [-0.1, -0.05) is 34.4 Å². The summed E-state index contributed by atoms with van der Waals surface area (Å²) >= 11 is 13.0.